The van der Waals surface area contributed by atoms with E-state index in [4.69, 9.17) is 4.98 Å². The zero-order valence-corrected chi connectivity index (χ0v) is 49.7. The van der Waals surface area contributed by atoms with Gasteiger partial charge in [-0.05, 0) is 166 Å². The molecule has 0 aliphatic rings. The van der Waals surface area contributed by atoms with Crippen molar-refractivity contribution in [1.29, 1.82) is 0 Å². The summed E-state index contributed by atoms with van der Waals surface area (Å²) in [5.41, 5.74) is 18.9. The normalized spacial score (nSPS) is 12.1. The summed E-state index contributed by atoms with van der Waals surface area (Å²) in [6.07, 6.45) is 6.36. The van der Waals surface area contributed by atoms with E-state index in [-0.39, 0.29) is 0 Å². The lowest BCUT2D eigenvalue weighted by Gasteiger charge is -2.19. The molecule has 20 rings (SSSR count). The highest BCUT2D eigenvalue weighted by molar-refractivity contribution is 6.27. The Morgan fingerprint density at radius 3 is 0.870 bits per heavy atom. The van der Waals surface area contributed by atoms with Gasteiger partial charge >= 0.3 is 0 Å². The maximum Gasteiger partial charge on any atom is 0.0787 e. The number of hydrogen-bond donors (Lipinski definition) is 0. The largest absolute Gasteiger partial charge is 0.314 e. The van der Waals surface area contributed by atoms with Gasteiger partial charge in [0.2, 0.25) is 0 Å². The molecule has 0 saturated carbocycles. The second kappa shape index (κ2) is 19.5. The molecule has 0 aliphatic heterocycles. The maximum atomic E-state index is 5.48. The average molecular weight is 1170 g/mol. The predicted molar refractivity (Wildman–Crippen MR) is 385 cm³/mol. The summed E-state index contributed by atoms with van der Waals surface area (Å²) in [6, 6.07) is 112. The first-order valence-corrected chi connectivity index (χ1v) is 31.5. The molecular formula is C85H53N7. The highest BCUT2D eigenvalue weighted by Crippen LogP contribution is 2.44. The van der Waals surface area contributed by atoms with Crippen molar-refractivity contribution >= 4 is 141 Å². The minimum absolute atomic E-state index is 0.918. The minimum atomic E-state index is 0.918. The summed E-state index contributed by atoms with van der Waals surface area (Å²) < 4.78 is 14.4. The molecule has 0 amide bonds. The molecule has 6 heterocycles. The number of para-hydroxylation sites is 8. The summed E-state index contributed by atoms with van der Waals surface area (Å²) >= 11 is 0. The van der Waals surface area contributed by atoms with Gasteiger partial charge in [0.1, 0.15) is 0 Å². The first kappa shape index (κ1) is 50.5. The topological polar surface area (TPSA) is 42.5 Å². The van der Waals surface area contributed by atoms with Crippen LogP contribution < -0.4 is 0 Å². The number of nitrogens with zero attached hydrogens (tertiary/aromatic N) is 7. The van der Waals surface area contributed by atoms with Crippen LogP contribution >= 0.6 is 0 Å². The van der Waals surface area contributed by atoms with Crippen LogP contribution in [0.3, 0.4) is 0 Å². The highest BCUT2D eigenvalue weighted by atomic mass is 15.1. The van der Waals surface area contributed by atoms with E-state index in [9.17, 15) is 0 Å². The summed E-state index contributed by atoms with van der Waals surface area (Å²) in [4.78, 5) is 5.48. The highest BCUT2D eigenvalue weighted by Gasteiger charge is 2.22. The van der Waals surface area contributed by atoms with E-state index >= 15 is 0 Å². The van der Waals surface area contributed by atoms with Crippen LogP contribution in [0.2, 0.25) is 0 Å². The average Bonchev–Trinajstić information content (AvgIpc) is 1.51. The van der Waals surface area contributed by atoms with Crippen LogP contribution in [0, 0.1) is 0 Å². The SMILES string of the molecule is c1ccc(-n2ccn(-c3ccccc3)c3cc4c(cc32)c2cc(-n3c5ccccc5c5cc(-n6c7ccccc7c7ccccc76)ccc53)ccc2c2ccc(-n3c5ccccc5c5cc(-n6c7ccccc7c7ccccc76)ccc53)cc2c2cccnc24)cc1. The lowest BCUT2D eigenvalue weighted by atomic mass is 9.95. The Labute approximate surface area is 526 Å². The van der Waals surface area contributed by atoms with Gasteiger partial charge in [-0.3, -0.25) is 4.98 Å². The summed E-state index contributed by atoms with van der Waals surface area (Å²) in [5, 5.41) is 17.5. The quantitative estimate of drug-likeness (QED) is 0.164. The van der Waals surface area contributed by atoms with Crippen LogP contribution in [0.1, 0.15) is 0 Å². The standard InChI is InChI=1S/C85H53N7/c1-3-20-54(21-4-1)87-46-47-88(55-22-5-2-6-23-55)84-53-74-71(52-83(84)87)70-49-57(92-80-36-18-12-29-67(80)73-51-59(40-44-82(73)92)90-77-33-15-9-26-64(77)65-27-10-16-34-78(65)90)38-42-61(70)60-41-37-56(48-69(60)68-30-19-45-86-85(68)74)91-79-35-17-11-28-66(79)72-50-58(39-43-81(72)91)89-75-31-13-7-24-62(75)63-25-8-14-32-76(63)89/h1-53H. The molecule has 0 fully saturated rings. The van der Waals surface area contributed by atoms with E-state index in [2.05, 4.69) is 343 Å². The van der Waals surface area contributed by atoms with Gasteiger partial charge in [-0.25, -0.2) is 0 Å². The lowest BCUT2D eigenvalue weighted by Crippen LogP contribution is -2.05. The molecule has 0 bridgehead atoms. The molecule has 0 spiro atoms. The fourth-order valence-electron chi connectivity index (χ4n) is 15.6. The van der Waals surface area contributed by atoms with Crippen molar-refractivity contribution in [2.45, 2.75) is 0 Å². The molecule has 428 valence electrons. The molecule has 0 radical (unpaired) electrons. The van der Waals surface area contributed by atoms with Crippen molar-refractivity contribution in [1.82, 2.24) is 32.4 Å². The smallest absolute Gasteiger partial charge is 0.0787 e. The molecule has 0 aliphatic carbocycles. The number of aromatic nitrogens is 7. The van der Waals surface area contributed by atoms with Crippen molar-refractivity contribution in [2.24, 2.45) is 0 Å². The Hall–Kier alpha value is -12.5. The zero-order chi connectivity index (χ0) is 60.1. The molecule has 0 N–H and O–H groups in total. The number of benzene rings is 13. The van der Waals surface area contributed by atoms with Gasteiger partial charge in [-0.1, -0.05) is 164 Å². The molecule has 14 aromatic carbocycles. The van der Waals surface area contributed by atoms with Gasteiger partial charge in [-0.15, -0.1) is 0 Å². The third-order valence-electron chi connectivity index (χ3n) is 19.5. The van der Waals surface area contributed by atoms with Crippen molar-refractivity contribution in [3.63, 3.8) is 0 Å². The third-order valence-corrected chi connectivity index (χ3v) is 19.5. The lowest BCUT2D eigenvalue weighted by molar-refractivity contribution is 1.01. The van der Waals surface area contributed by atoms with Gasteiger partial charge < -0.3 is 27.4 Å². The van der Waals surface area contributed by atoms with Gasteiger partial charge in [0, 0.05) is 107 Å². The second-order valence-electron chi connectivity index (χ2n) is 24.3. The Bertz CT molecular complexity index is 6460. The minimum Gasteiger partial charge on any atom is -0.314 e. The Morgan fingerprint density at radius 1 is 0.174 bits per heavy atom. The predicted octanol–water partition coefficient (Wildman–Crippen LogP) is 21.9. The van der Waals surface area contributed by atoms with E-state index < -0.39 is 0 Å². The molecule has 0 atom stereocenters. The van der Waals surface area contributed by atoms with E-state index in [1.807, 2.05) is 6.20 Å². The maximum absolute atomic E-state index is 5.48. The summed E-state index contributed by atoms with van der Waals surface area (Å²) in [7, 11) is 0. The fraction of sp³-hybridized carbons (Fsp3) is 0. The van der Waals surface area contributed by atoms with Crippen molar-refractivity contribution in [3.8, 4) is 34.1 Å². The first-order valence-electron chi connectivity index (χ1n) is 31.5. The Kier molecular flexibility index (Phi) is 10.7. The number of pyridine rings is 1. The van der Waals surface area contributed by atoms with Crippen LogP contribution in [-0.2, 0) is 0 Å². The van der Waals surface area contributed by atoms with Crippen LogP contribution in [0.5, 0.6) is 0 Å². The van der Waals surface area contributed by atoms with Crippen LogP contribution in [0.4, 0.5) is 0 Å². The Morgan fingerprint density at radius 2 is 0.467 bits per heavy atom. The van der Waals surface area contributed by atoms with Gasteiger partial charge in [0.05, 0.1) is 60.7 Å². The van der Waals surface area contributed by atoms with Crippen LogP contribution in [-0.4, -0.2) is 32.4 Å². The molecule has 7 heteroatoms. The second-order valence-corrected chi connectivity index (χ2v) is 24.3. The molecule has 7 nitrogen and oxygen atoms in total. The molecule has 6 aromatic heterocycles. The van der Waals surface area contributed by atoms with E-state index in [1.165, 1.54) is 65.2 Å². The number of rotatable bonds is 6. The molecule has 0 unspecified atom stereocenters. The molecule has 92 heavy (non-hydrogen) atoms. The summed E-state index contributed by atoms with van der Waals surface area (Å²) in [6.45, 7) is 0. The van der Waals surface area contributed by atoms with Crippen LogP contribution in [0.25, 0.3) is 176 Å². The van der Waals surface area contributed by atoms with Crippen molar-refractivity contribution < 1.29 is 0 Å². The van der Waals surface area contributed by atoms with E-state index in [0.29, 0.717) is 0 Å². The van der Waals surface area contributed by atoms with Gasteiger partial charge in [0.25, 0.3) is 0 Å². The van der Waals surface area contributed by atoms with Crippen molar-refractivity contribution in [3.05, 3.63) is 322 Å². The zero-order valence-electron chi connectivity index (χ0n) is 49.7. The number of fused-ring (bicyclic) bond motifs is 21. The van der Waals surface area contributed by atoms with E-state index in [1.54, 1.807) is 0 Å². The Balaban J connectivity index is 0.879. The molecule has 0 saturated heterocycles. The molecular weight excluding hydrogens is 1120 g/mol. The van der Waals surface area contributed by atoms with Gasteiger partial charge in [-0.2, -0.15) is 0 Å². The monoisotopic (exact) mass is 1170 g/mol. The summed E-state index contributed by atoms with van der Waals surface area (Å²) in [5.74, 6) is 0. The van der Waals surface area contributed by atoms with Crippen LogP contribution in [0.15, 0.2) is 322 Å². The number of hydrogen-bond acceptors (Lipinski definition) is 1. The van der Waals surface area contributed by atoms with Crippen molar-refractivity contribution in [2.75, 3.05) is 0 Å². The fourth-order valence-corrected chi connectivity index (χ4v) is 15.6. The first-order chi connectivity index (χ1) is 45.7. The van der Waals surface area contributed by atoms with Gasteiger partial charge in [0.15, 0.2) is 0 Å². The molecule has 20 aromatic rings. The third kappa shape index (κ3) is 7.30. The van der Waals surface area contributed by atoms with E-state index in [0.717, 1.165) is 110 Å².